The molecule has 0 aromatic heterocycles. The molecule has 0 aliphatic heterocycles. The lowest BCUT2D eigenvalue weighted by Gasteiger charge is -2.04. The third kappa shape index (κ3) is 4.06. The molecule has 0 heterocycles. The molecule has 2 nitrogen and oxygen atoms in total. The summed E-state index contributed by atoms with van der Waals surface area (Å²) >= 11 is 0. The Kier molecular flexibility index (Phi) is 5.47. The van der Waals surface area contributed by atoms with E-state index in [0.29, 0.717) is 12.2 Å². The van der Waals surface area contributed by atoms with Gasteiger partial charge in [-0.2, -0.15) is 0 Å². The first-order valence-corrected chi connectivity index (χ1v) is 6.17. The summed E-state index contributed by atoms with van der Waals surface area (Å²) in [4.78, 5) is 11.9. The zero-order valence-electron chi connectivity index (χ0n) is 10.8. The van der Waals surface area contributed by atoms with Crippen LogP contribution in [0, 0.1) is 0 Å². The van der Waals surface area contributed by atoms with Gasteiger partial charge in [-0.25, -0.2) is 0 Å². The van der Waals surface area contributed by atoms with E-state index >= 15 is 0 Å². The molecule has 2 heteroatoms. The first-order valence-electron chi connectivity index (χ1n) is 6.17. The Morgan fingerprint density at radius 3 is 2.18 bits per heavy atom. The van der Waals surface area contributed by atoms with Crippen LogP contribution in [-0.2, 0) is 0 Å². The average molecular weight is 232 g/mol. The highest BCUT2D eigenvalue weighted by Gasteiger charge is 2.03. The highest BCUT2D eigenvalue weighted by molar-refractivity contribution is 6.04. The topological polar surface area (TPSA) is 26.3 Å². The fourth-order valence-electron chi connectivity index (χ4n) is 1.60. The molecule has 0 saturated carbocycles. The number of rotatable bonds is 6. The average Bonchev–Trinajstić information content (AvgIpc) is 2.37. The number of carbonyl (C=O) groups excluding carboxylic acids is 1. The van der Waals surface area contributed by atoms with Crippen LogP contribution < -0.4 is 4.74 Å². The van der Waals surface area contributed by atoms with E-state index in [-0.39, 0.29) is 5.78 Å². The molecule has 0 fully saturated rings. The highest BCUT2D eigenvalue weighted by atomic mass is 16.5. The molecule has 0 radical (unpaired) electrons. The summed E-state index contributed by atoms with van der Waals surface area (Å²) in [6, 6.07) is 7.30. The lowest BCUT2D eigenvalue weighted by molar-refractivity contribution is 0.104. The monoisotopic (exact) mass is 232 g/mol. The standard InChI is InChI=1S/C15H20O2/c1-4-12(5-2)11-15(16)13-7-9-14(10-8-13)17-6-3/h7-11H,4-6H2,1-3H3. The Labute approximate surface area is 103 Å². The second-order valence-electron chi connectivity index (χ2n) is 3.83. The van der Waals surface area contributed by atoms with Gasteiger partial charge < -0.3 is 4.74 Å². The molecule has 17 heavy (non-hydrogen) atoms. The Bertz CT molecular complexity index is 382. The number of allylic oxidation sites excluding steroid dienone is 2. The van der Waals surface area contributed by atoms with E-state index in [1.54, 1.807) is 6.08 Å². The van der Waals surface area contributed by atoms with Gasteiger partial charge in [0.2, 0.25) is 0 Å². The van der Waals surface area contributed by atoms with Crippen molar-refractivity contribution in [2.24, 2.45) is 0 Å². The summed E-state index contributed by atoms with van der Waals surface area (Å²) in [5.74, 6) is 0.881. The fraction of sp³-hybridized carbons (Fsp3) is 0.400. The quantitative estimate of drug-likeness (QED) is 0.547. The molecule has 0 bridgehead atoms. The van der Waals surface area contributed by atoms with Crippen LogP contribution in [0.15, 0.2) is 35.9 Å². The van der Waals surface area contributed by atoms with E-state index in [0.717, 1.165) is 18.6 Å². The van der Waals surface area contributed by atoms with Crippen molar-refractivity contribution in [2.75, 3.05) is 6.61 Å². The van der Waals surface area contributed by atoms with Crippen molar-refractivity contribution in [1.29, 1.82) is 0 Å². The summed E-state index contributed by atoms with van der Waals surface area (Å²) in [7, 11) is 0. The summed E-state index contributed by atoms with van der Waals surface area (Å²) in [5.41, 5.74) is 1.90. The molecule has 0 amide bonds. The Balaban J connectivity index is 2.79. The molecule has 0 unspecified atom stereocenters. The molecule has 1 aromatic rings. The smallest absolute Gasteiger partial charge is 0.185 e. The van der Waals surface area contributed by atoms with Gasteiger partial charge in [0.05, 0.1) is 6.61 Å². The zero-order valence-corrected chi connectivity index (χ0v) is 10.8. The van der Waals surface area contributed by atoms with Crippen LogP contribution in [0.1, 0.15) is 44.0 Å². The van der Waals surface area contributed by atoms with Crippen molar-refractivity contribution in [3.63, 3.8) is 0 Å². The maximum atomic E-state index is 11.9. The second-order valence-corrected chi connectivity index (χ2v) is 3.83. The van der Waals surface area contributed by atoms with Crippen molar-refractivity contribution >= 4 is 5.78 Å². The predicted molar refractivity (Wildman–Crippen MR) is 70.6 cm³/mol. The largest absolute Gasteiger partial charge is 0.494 e. The highest BCUT2D eigenvalue weighted by Crippen LogP contribution is 2.14. The molecule has 0 atom stereocenters. The van der Waals surface area contributed by atoms with Gasteiger partial charge in [0.15, 0.2) is 5.78 Å². The fourth-order valence-corrected chi connectivity index (χ4v) is 1.60. The van der Waals surface area contributed by atoms with Gasteiger partial charge in [0.1, 0.15) is 5.75 Å². The van der Waals surface area contributed by atoms with Crippen LogP contribution in [0.25, 0.3) is 0 Å². The number of benzene rings is 1. The van der Waals surface area contributed by atoms with E-state index < -0.39 is 0 Å². The summed E-state index contributed by atoms with van der Waals surface area (Å²) < 4.78 is 5.34. The Morgan fingerprint density at radius 1 is 1.12 bits per heavy atom. The van der Waals surface area contributed by atoms with Crippen molar-refractivity contribution in [3.05, 3.63) is 41.5 Å². The van der Waals surface area contributed by atoms with Gasteiger partial charge >= 0.3 is 0 Å². The van der Waals surface area contributed by atoms with Crippen LogP contribution in [0.4, 0.5) is 0 Å². The zero-order chi connectivity index (χ0) is 12.7. The minimum atomic E-state index is 0.0757. The maximum absolute atomic E-state index is 11.9. The number of ketones is 1. The molecule has 0 spiro atoms. The third-order valence-electron chi connectivity index (χ3n) is 2.69. The van der Waals surface area contributed by atoms with Gasteiger partial charge in [0, 0.05) is 5.56 Å². The Hall–Kier alpha value is -1.57. The first kappa shape index (κ1) is 13.5. The van der Waals surface area contributed by atoms with Crippen LogP contribution in [0.5, 0.6) is 5.75 Å². The van der Waals surface area contributed by atoms with Gasteiger partial charge in [-0.05, 0) is 50.1 Å². The van der Waals surface area contributed by atoms with E-state index in [2.05, 4.69) is 13.8 Å². The number of hydrogen-bond acceptors (Lipinski definition) is 2. The Morgan fingerprint density at radius 2 is 1.71 bits per heavy atom. The summed E-state index contributed by atoms with van der Waals surface area (Å²) in [6.07, 6.45) is 3.61. The van der Waals surface area contributed by atoms with Crippen LogP contribution in [0.3, 0.4) is 0 Å². The second kappa shape index (κ2) is 6.89. The van der Waals surface area contributed by atoms with Crippen LogP contribution >= 0.6 is 0 Å². The molecule has 0 aliphatic carbocycles. The maximum Gasteiger partial charge on any atom is 0.185 e. The lowest BCUT2D eigenvalue weighted by Crippen LogP contribution is -1.97. The molecule has 92 valence electrons. The van der Waals surface area contributed by atoms with Gasteiger partial charge in [-0.3, -0.25) is 4.79 Å². The van der Waals surface area contributed by atoms with E-state index in [4.69, 9.17) is 4.74 Å². The summed E-state index contributed by atoms with van der Waals surface area (Å²) in [5, 5.41) is 0. The lowest BCUT2D eigenvalue weighted by atomic mass is 10.0. The van der Waals surface area contributed by atoms with Crippen LogP contribution in [0.2, 0.25) is 0 Å². The molecule has 1 aromatic carbocycles. The SMILES string of the molecule is CCOc1ccc(C(=O)C=C(CC)CC)cc1. The van der Waals surface area contributed by atoms with Gasteiger partial charge in [0.25, 0.3) is 0 Å². The number of hydrogen-bond donors (Lipinski definition) is 0. The normalized spacial score (nSPS) is 9.82. The molecular formula is C15H20O2. The molecule has 0 aliphatic rings. The predicted octanol–water partition coefficient (Wildman–Crippen LogP) is 4.01. The number of ether oxygens (including phenoxy) is 1. The summed E-state index contributed by atoms with van der Waals surface area (Å²) in [6.45, 7) is 6.72. The minimum absolute atomic E-state index is 0.0757. The van der Waals surface area contributed by atoms with E-state index in [9.17, 15) is 4.79 Å². The van der Waals surface area contributed by atoms with E-state index in [1.807, 2.05) is 31.2 Å². The minimum Gasteiger partial charge on any atom is -0.494 e. The third-order valence-corrected chi connectivity index (χ3v) is 2.69. The van der Waals surface area contributed by atoms with Crippen molar-refractivity contribution < 1.29 is 9.53 Å². The van der Waals surface area contributed by atoms with Crippen molar-refractivity contribution in [1.82, 2.24) is 0 Å². The molecular weight excluding hydrogens is 212 g/mol. The molecule has 0 N–H and O–H groups in total. The van der Waals surface area contributed by atoms with Crippen molar-refractivity contribution in [3.8, 4) is 5.75 Å². The van der Waals surface area contributed by atoms with Gasteiger partial charge in [-0.1, -0.05) is 19.4 Å². The van der Waals surface area contributed by atoms with Crippen LogP contribution in [-0.4, -0.2) is 12.4 Å². The van der Waals surface area contributed by atoms with Crippen molar-refractivity contribution in [2.45, 2.75) is 33.6 Å². The van der Waals surface area contributed by atoms with E-state index in [1.165, 1.54) is 5.57 Å². The molecule has 1 rings (SSSR count). The van der Waals surface area contributed by atoms with Gasteiger partial charge in [-0.15, -0.1) is 0 Å². The molecule has 0 saturated heterocycles. The number of carbonyl (C=O) groups is 1. The first-order chi connectivity index (χ1) is 8.21.